The zero-order valence-electron chi connectivity index (χ0n) is 12.0. The predicted octanol–water partition coefficient (Wildman–Crippen LogP) is 1.34. The number of benzene rings is 1. The molecule has 0 atom stereocenters. The van der Waals surface area contributed by atoms with Crippen molar-refractivity contribution in [2.75, 3.05) is 18.9 Å². The summed E-state index contributed by atoms with van der Waals surface area (Å²) >= 11 is 0. The fourth-order valence-corrected chi connectivity index (χ4v) is 2.08. The van der Waals surface area contributed by atoms with E-state index >= 15 is 0 Å². The van der Waals surface area contributed by atoms with E-state index in [0.717, 1.165) is 24.1 Å². The van der Waals surface area contributed by atoms with Gasteiger partial charge in [0, 0.05) is 32.7 Å². The first-order valence-electron chi connectivity index (χ1n) is 6.80. The van der Waals surface area contributed by atoms with Gasteiger partial charge in [-0.2, -0.15) is 0 Å². The molecule has 1 aromatic rings. The fourth-order valence-electron chi connectivity index (χ4n) is 2.08. The summed E-state index contributed by atoms with van der Waals surface area (Å²) in [6.45, 7) is 2.38. The minimum atomic E-state index is -0.375. The van der Waals surface area contributed by atoms with Crippen molar-refractivity contribution >= 4 is 17.5 Å². The van der Waals surface area contributed by atoms with Gasteiger partial charge in [0.1, 0.15) is 0 Å². The molecule has 20 heavy (non-hydrogen) atoms. The molecule has 1 saturated carbocycles. The van der Waals surface area contributed by atoms with Gasteiger partial charge < -0.3 is 16.0 Å². The highest BCUT2D eigenvalue weighted by Crippen LogP contribution is 2.45. The lowest BCUT2D eigenvalue weighted by Crippen LogP contribution is -2.31. The Bertz CT molecular complexity index is 524. The standard InChI is InChI=1S/C15H21N3O2/c1-11(19)18(2)9-12-5-3-4-6-13(12)17-14(20)15(10-16)7-8-15/h3-6H,7-10,16H2,1-2H3,(H,17,20). The molecule has 0 radical (unpaired) electrons. The number of nitrogens with zero attached hydrogens (tertiary/aromatic N) is 1. The van der Waals surface area contributed by atoms with Crippen LogP contribution in [0.3, 0.4) is 0 Å². The number of para-hydroxylation sites is 1. The van der Waals surface area contributed by atoms with Crippen molar-refractivity contribution in [2.45, 2.75) is 26.3 Å². The maximum Gasteiger partial charge on any atom is 0.231 e. The third-order valence-electron chi connectivity index (χ3n) is 3.94. The number of hydrogen-bond acceptors (Lipinski definition) is 3. The van der Waals surface area contributed by atoms with Gasteiger partial charge in [0.05, 0.1) is 5.41 Å². The molecule has 3 N–H and O–H groups in total. The summed E-state index contributed by atoms with van der Waals surface area (Å²) < 4.78 is 0. The Morgan fingerprint density at radius 2 is 2.00 bits per heavy atom. The molecule has 0 aromatic heterocycles. The Labute approximate surface area is 119 Å². The first kappa shape index (κ1) is 14.5. The van der Waals surface area contributed by atoms with Gasteiger partial charge in [0.25, 0.3) is 0 Å². The summed E-state index contributed by atoms with van der Waals surface area (Å²) in [7, 11) is 1.74. The Balaban J connectivity index is 2.12. The fraction of sp³-hybridized carbons (Fsp3) is 0.467. The smallest absolute Gasteiger partial charge is 0.231 e. The van der Waals surface area contributed by atoms with Crippen LogP contribution >= 0.6 is 0 Å². The molecule has 1 aliphatic rings. The second kappa shape index (κ2) is 5.63. The molecular formula is C15H21N3O2. The molecule has 5 nitrogen and oxygen atoms in total. The number of anilines is 1. The lowest BCUT2D eigenvalue weighted by molar-refractivity contribution is -0.128. The lowest BCUT2D eigenvalue weighted by Gasteiger charge is -2.19. The molecule has 2 rings (SSSR count). The minimum Gasteiger partial charge on any atom is -0.342 e. The van der Waals surface area contributed by atoms with Gasteiger partial charge in [-0.05, 0) is 24.5 Å². The van der Waals surface area contributed by atoms with Crippen LogP contribution < -0.4 is 11.1 Å². The van der Waals surface area contributed by atoms with E-state index in [0.29, 0.717) is 13.1 Å². The van der Waals surface area contributed by atoms with E-state index in [1.54, 1.807) is 11.9 Å². The van der Waals surface area contributed by atoms with Gasteiger partial charge in [0.2, 0.25) is 11.8 Å². The SMILES string of the molecule is CC(=O)N(C)Cc1ccccc1NC(=O)C1(CN)CC1. The van der Waals surface area contributed by atoms with Crippen LogP contribution in [0.5, 0.6) is 0 Å². The average Bonchev–Trinajstić information content (AvgIpc) is 3.21. The molecule has 2 amide bonds. The molecule has 5 heteroatoms. The second-order valence-electron chi connectivity index (χ2n) is 5.47. The van der Waals surface area contributed by atoms with Crippen molar-refractivity contribution in [2.24, 2.45) is 11.1 Å². The van der Waals surface area contributed by atoms with Gasteiger partial charge in [-0.15, -0.1) is 0 Å². The highest BCUT2D eigenvalue weighted by molar-refractivity contribution is 5.98. The van der Waals surface area contributed by atoms with E-state index in [-0.39, 0.29) is 17.2 Å². The van der Waals surface area contributed by atoms with Crippen molar-refractivity contribution in [3.05, 3.63) is 29.8 Å². The zero-order valence-corrected chi connectivity index (χ0v) is 12.0. The number of amides is 2. The Morgan fingerprint density at radius 1 is 1.35 bits per heavy atom. The van der Waals surface area contributed by atoms with Gasteiger partial charge >= 0.3 is 0 Å². The first-order chi connectivity index (χ1) is 9.48. The van der Waals surface area contributed by atoms with Crippen LogP contribution in [0.2, 0.25) is 0 Å². The Kier molecular flexibility index (Phi) is 4.09. The molecule has 0 heterocycles. The molecule has 0 saturated heterocycles. The van der Waals surface area contributed by atoms with E-state index < -0.39 is 0 Å². The van der Waals surface area contributed by atoms with Gasteiger partial charge in [0.15, 0.2) is 0 Å². The topological polar surface area (TPSA) is 75.4 Å². The molecule has 1 aliphatic carbocycles. The molecule has 0 bridgehead atoms. The third-order valence-corrected chi connectivity index (χ3v) is 3.94. The van der Waals surface area contributed by atoms with Crippen LogP contribution in [0.15, 0.2) is 24.3 Å². The van der Waals surface area contributed by atoms with Crippen LogP contribution in [-0.4, -0.2) is 30.3 Å². The summed E-state index contributed by atoms with van der Waals surface area (Å²) in [4.78, 5) is 25.2. The van der Waals surface area contributed by atoms with E-state index in [4.69, 9.17) is 5.73 Å². The molecule has 1 aromatic carbocycles. The van der Waals surface area contributed by atoms with E-state index in [2.05, 4.69) is 5.32 Å². The van der Waals surface area contributed by atoms with Crippen LogP contribution in [0.4, 0.5) is 5.69 Å². The number of nitrogens with two attached hydrogens (primary N) is 1. The van der Waals surface area contributed by atoms with E-state index in [1.165, 1.54) is 6.92 Å². The second-order valence-corrected chi connectivity index (χ2v) is 5.47. The summed E-state index contributed by atoms with van der Waals surface area (Å²) in [6, 6.07) is 7.54. The molecule has 0 aliphatic heterocycles. The Morgan fingerprint density at radius 3 is 2.55 bits per heavy atom. The summed E-state index contributed by atoms with van der Waals surface area (Å²) in [5.74, 6) is -0.0234. The van der Waals surface area contributed by atoms with Crippen LogP contribution in [0, 0.1) is 5.41 Å². The molecule has 1 fully saturated rings. The summed E-state index contributed by atoms with van der Waals surface area (Å²) in [5, 5.41) is 2.95. The van der Waals surface area contributed by atoms with Crippen LogP contribution in [0.25, 0.3) is 0 Å². The number of nitrogens with one attached hydrogen (secondary N) is 1. The van der Waals surface area contributed by atoms with E-state index in [9.17, 15) is 9.59 Å². The zero-order chi connectivity index (χ0) is 14.8. The number of carbonyl (C=O) groups excluding carboxylic acids is 2. The van der Waals surface area contributed by atoms with Gasteiger partial charge in [-0.3, -0.25) is 9.59 Å². The molecule has 108 valence electrons. The third kappa shape index (κ3) is 2.99. The summed E-state index contributed by atoms with van der Waals surface area (Å²) in [5.41, 5.74) is 6.97. The summed E-state index contributed by atoms with van der Waals surface area (Å²) in [6.07, 6.45) is 1.70. The number of rotatable bonds is 5. The van der Waals surface area contributed by atoms with Crippen molar-refractivity contribution in [3.8, 4) is 0 Å². The average molecular weight is 275 g/mol. The van der Waals surface area contributed by atoms with E-state index in [1.807, 2.05) is 24.3 Å². The van der Waals surface area contributed by atoms with Crippen LogP contribution in [0.1, 0.15) is 25.3 Å². The monoisotopic (exact) mass is 275 g/mol. The quantitative estimate of drug-likeness (QED) is 0.851. The van der Waals surface area contributed by atoms with Crippen molar-refractivity contribution < 1.29 is 9.59 Å². The molecular weight excluding hydrogens is 254 g/mol. The highest BCUT2D eigenvalue weighted by Gasteiger charge is 2.48. The number of carbonyl (C=O) groups is 2. The molecule has 0 unspecified atom stereocenters. The Hall–Kier alpha value is -1.88. The maximum absolute atomic E-state index is 12.2. The first-order valence-corrected chi connectivity index (χ1v) is 6.80. The predicted molar refractivity (Wildman–Crippen MR) is 77.9 cm³/mol. The van der Waals surface area contributed by atoms with Crippen molar-refractivity contribution in [3.63, 3.8) is 0 Å². The van der Waals surface area contributed by atoms with Gasteiger partial charge in [-0.1, -0.05) is 18.2 Å². The minimum absolute atomic E-state index is 0.00764. The lowest BCUT2D eigenvalue weighted by atomic mass is 10.1. The normalized spacial score (nSPS) is 15.6. The number of hydrogen-bond donors (Lipinski definition) is 2. The largest absolute Gasteiger partial charge is 0.342 e. The molecule has 0 spiro atoms. The van der Waals surface area contributed by atoms with Crippen LogP contribution in [-0.2, 0) is 16.1 Å². The maximum atomic E-state index is 12.2. The van der Waals surface area contributed by atoms with Gasteiger partial charge in [-0.25, -0.2) is 0 Å². The highest BCUT2D eigenvalue weighted by atomic mass is 16.2. The van der Waals surface area contributed by atoms with Crippen molar-refractivity contribution in [1.82, 2.24) is 4.90 Å². The van der Waals surface area contributed by atoms with Crippen molar-refractivity contribution in [1.29, 1.82) is 0 Å².